The van der Waals surface area contributed by atoms with Crippen LogP contribution in [0.2, 0.25) is 5.28 Å². The molecule has 27 heavy (non-hydrogen) atoms. The van der Waals surface area contributed by atoms with E-state index in [1.807, 2.05) is 4.57 Å². The Hall–Kier alpha value is -1.73. The first-order valence-corrected chi connectivity index (χ1v) is 10.3. The SMILES string of the molecule is CCCCCCC(=O)Nc1nc(Cl)nc2c1ncn2[C@H]1CC(C)[C@@H](CC)O1. The monoisotopic (exact) mass is 393 g/mol. The predicted molar refractivity (Wildman–Crippen MR) is 106 cm³/mol. The van der Waals surface area contributed by atoms with Crippen LogP contribution in [0.15, 0.2) is 6.33 Å². The number of nitrogens with one attached hydrogen (secondary N) is 1. The first-order chi connectivity index (χ1) is 13.0. The Balaban J connectivity index is 1.78. The van der Waals surface area contributed by atoms with Crippen molar-refractivity contribution in [3.63, 3.8) is 0 Å². The fraction of sp³-hybridized carbons (Fsp3) is 0.684. The number of aromatic nitrogens is 4. The number of imidazole rings is 1. The molecule has 0 saturated carbocycles. The molecule has 1 aliphatic heterocycles. The van der Waals surface area contributed by atoms with Crippen molar-refractivity contribution in [2.24, 2.45) is 5.92 Å². The van der Waals surface area contributed by atoms with E-state index < -0.39 is 0 Å². The van der Waals surface area contributed by atoms with Crippen LogP contribution in [0.3, 0.4) is 0 Å². The summed E-state index contributed by atoms with van der Waals surface area (Å²) in [5, 5.41) is 2.93. The van der Waals surface area contributed by atoms with Gasteiger partial charge in [-0.3, -0.25) is 9.36 Å². The standard InChI is InChI=1S/C19H28ClN5O2/c1-4-6-7-8-9-14(26)22-17-16-18(24-19(20)23-17)25(11-21-16)15-10-12(3)13(5-2)27-15/h11-13,15H,4-10H2,1-3H3,(H,22,23,24,26)/t12?,13-,15-/m1/s1. The molecule has 0 spiro atoms. The fourth-order valence-corrected chi connectivity index (χ4v) is 3.80. The molecular weight excluding hydrogens is 366 g/mol. The first-order valence-electron chi connectivity index (χ1n) is 9.88. The molecule has 7 nitrogen and oxygen atoms in total. The van der Waals surface area contributed by atoms with Crippen LogP contribution in [-0.4, -0.2) is 31.5 Å². The van der Waals surface area contributed by atoms with E-state index in [1.165, 1.54) is 0 Å². The van der Waals surface area contributed by atoms with Gasteiger partial charge in [0.1, 0.15) is 6.23 Å². The summed E-state index contributed by atoms with van der Waals surface area (Å²) in [6, 6.07) is 0. The summed E-state index contributed by atoms with van der Waals surface area (Å²) in [6.07, 6.45) is 8.32. The Labute approximate surface area is 164 Å². The van der Waals surface area contributed by atoms with Gasteiger partial charge in [0.15, 0.2) is 17.0 Å². The summed E-state index contributed by atoms with van der Waals surface area (Å²) in [4.78, 5) is 25.2. The van der Waals surface area contributed by atoms with Crippen molar-refractivity contribution in [1.29, 1.82) is 0 Å². The van der Waals surface area contributed by atoms with Crippen LogP contribution in [0.1, 0.15) is 71.9 Å². The Morgan fingerprint density at radius 1 is 1.33 bits per heavy atom. The average Bonchev–Trinajstić information content (AvgIpc) is 3.21. The third-order valence-electron chi connectivity index (χ3n) is 5.16. The summed E-state index contributed by atoms with van der Waals surface area (Å²) >= 11 is 6.12. The van der Waals surface area contributed by atoms with Crippen molar-refractivity contribution in [3.05, 3.63) is 11.6 Å². The Morgan fingerprint density at radius 2 is 2.15 bits per heavy atom. The molecule has 0 aromatic carbocycles. The van der Waals surface area contributed by atoms with Crippen molar-refractivity contribution in [2.75, 3.05) is 5.32 Å². The van der Waals surface area contributed by atoms with Crippen molar-refractivity contribution in [3.8, 4) is 0 Å². The van der Waals surface area contributed by atoms with Crippen LogP contribution >= 0.6 is 11.6 Å². The molecule has 3 atom stereocenters. The predicted octanol–water partition coefficient (Wildman–Crippen LogP) is 4.72. The number of anilines is 1. The van der Waals surface area contributed by atoms with Gasteiger partial charge in [-0.1, -0.05) is 40.0 Å². The van der Waals surface area contributed by atoms with Gasteiger partial charge in [0.25, 0.3) is 0 Å². The normalized spacial score (nSPS) is 22.4. The van der Waals surface area contributed by atoms with E-state index in [4.69, 9.17) is 16.3 Å². The maximum atomic E-state index is 12.2. The zero-order chi connectivity index (χ0) is 19.4. The van der Waals surface area contributed by atoms with Crippen LogP contribution in [0, 0.1) is 5.92 Å². The largest absolute Gasteiger partial charge is 0.354 e. The van der Waals surface area contributed by atoms with E-state index in [0.29, 0.717) is 29.3 Å². The molecule has 1 fully saturated rings. The number of hydrogen-bond donors (Lipinski definition) is 1. The third-order valence-corrected chi connectivity index (χ3v) is 5.33. The van der Waals surface area contributed by atoms with Crippen LogP contribution in [0.25, 0.3) is 11.2 Å². The van der Waals surface area contributed by atoms with Gasteiger partial charge in [0.05, 0.1) is 12.4 Å². The molecule has 1 amide bonds. The van der Waals surface area contributed by atoms with Crippen LogP contribution < -0.4 is 5.32 Å². The fourth-order valence-electron chi connectivity index (χ4n) is 3.63. The highest BCUT2D eigenvalue weighted by molar-refractivity contribution is 6.28. The molecule has 2 aromatic heterocycles. The summed E-state index contributed by atoms with van der Waals surface area (Å²) < 4.78 is 8.04. The minimum Gasteiger partial charge on any atom is -0.354 e. The molecule has 1 aliphatic rings. The molecule has 1 N–H and O–H groups in total. The summed E-state index contributed by atoms with van der Waals surface area (Å²) in [6.45, 7) is 6.47. The van der Waals surface area contributed by atoms with Crippen LogP contribution in [0.5, 0.6) is 0 Å². The lowest BCUT2D eigenvalue weighted by Gasteiger charge is -2.14. The van der Waals surface area contributed by atoms with E-state index in [1.54, 1.807) is 6.33 Å². The highest BCUT2D eigenvalue weighted by Crippen LogP contribution is 2.36. The van der Waals surface area contributed by atoms with Crippen molar-refractivity contribution >= 4 is 34.5 Å². The lowest BCUT2D eigenvalue weighted by Crippen LogP contribution is -2.14. The van der Waals surface area contributed by atoms with Gasteiger partial charge in [0, 0.05) is 6.42 Å². The van der Waals surface area contributed by atoms with Gasteiger partial charge in [-0.2, -0.15) is 9.97 Å². The number of carbonyl (C=O) groups is 1. The van der Waals surface area contributed by atoms with E-state index in [9.17, 15) is 4.79 Å². The molecule has 8 heteroatoms. The number of nitrogens with zero attached hydrogens (tertiary/aromatic N) is 4. The molecule has 1 unspecified atom stereocenters. The minimum atomic E-state index is -0.126. The van der Waals surface area contributed by atoms with E-state index >= 15 is 0 Å². The zero-order valence-electron chi connectivity index (χ0n) is 16.2. The zero-order valence-corrected chi connectivity index (χ0v) is 17.0. The summed E-state index contributed by atoms with van der Waals surface area (Å²) in [5.41, 5.74) is 1.13. The number of ether oxygens (including phenoxy) is 1. The maximum absolute atomic E-state index is 12.2. The van der Waals surface area contributed by atoms with E-state index in [-0.39, 0.29) is 23.5 Å². The van der Waals surface area contributed by atoms with Crippen LogP contribution in [-0.2, 0) is 9.53 Å². The van der Waals surface area contributed by atoms with Crippen molar-refractivity contribution < 1.29 is 9.53 Å². The lowest BCUT2D eigenvalue weighted by atomic mass is 10.0. The average molecular weight is 394 g/mol. The lowest BCUT2D eigenvalue weighted by molar-refractivity contribution is -0.116. The van der Waals surface area contributed by atoms with Crippen molar-refractivity contribution in [2.45, 2.75) is 78.0 Å². The number of rotatable bonds is 8. The summed E-state index contributed by atoms with van der Waals surface area (Å²) in [5.74, 6) is 0.757. The molecule has 0 bridgehead atoms. The van der Waals surface area contributed by atoms with Crippen molar-refractivity contribution in [1.82, 2.24) is 19.5 Å². The molecule has 3 heterocycles. The Morgan fingerprint density at radius 3 is 2.85 bits per heavy atom. The van der Waals surface area contributed by atoms with Gasteiger partial charge in [0.2, 0.25) is 11.2 Å². The maximum Gasteiger partial charge on any atom is 0.226 e. The van der Waals surface area contributed by atoms with Gasteiger partial charge in [-0.05, 0) is 36.8 Å². The van der Waals surface area contributed by atoms with Gasteiger partial charge in [-0.15, -0.1) is 0 Å². The molecule has 0 radical (unpaired) electrons. The minimum absolute atomic E-state index is 0.0755. The second-order valence-corrected chi connectivity index (χ2v) is 7.61. The second kappa shape index (κ2) is 8.97. The van der Waals surface area contributed by atoms with E-state index in [0.717, 1.165) is 38.5 Å². The number of fused-ring (bicyclic) bond motifs is 1. The van der Waals surface area contributed by atoms with Gasteiger partial charge in [-0.25, -0.2) is 4.98 Å². The molecule has 1 saturated heterocycles. The molecular formula is C19H28ClN5O2. The molecule has 148 valence electrons. The molecule has 0 aliphatic carbocycles. The number of halogens is 1. The first kappa shape index (κ1) is 20.0. The topological polar surface area (TPSA) is 81.9 Å². The number of carbonyl (C=O) groups excluding carboxylic acids is 1. The third kappa shape index (κ3) is 4.58. The second-order valence-electron chi connectivity index (χ2n) is 7.27. The highest BCUT2D eigenvalue weighted by Gasteiger charge is 2.33. The molecule has 3 rings (SSSR count). The smallest absolute Gasteiger partial charge is 0.226 e. The highest BCUT2D eigenvalue weighted by atomic mass is 35.5. The Bertz CT molecular complexity index is 794. The Kier molecular flexibility index (Phi) is 6.65. The van der Waals surface area contributed by atoms with Gasteiger partial charge >= 0.3 is 0 Å². The number of unbranched alkanes of at least 4 members (excludes halogenated alkanes) is 3. The number of hydrogen-bond acceptors (Lipinski definition) is 5. The van der Waals surface area contributed by atoms with Crippen LogP contribution in [0.4, 0.5) is 5.82 Å². The quantitative estimate of drug-likeness (QED) is 0.518. The number of amides is 1. The van der Waals surface area contributed by atoms with Gasteiger partial charge < -0.3 is 10.1 Å². The molecule has 2 aromatic rings. The summed E-state index contributed by atoms with van der Waals surface area (Å²) in [7, 11) is 0. The van der Waals surface area contributed by atoms with E-state index in [2.05, 4.69) is 41.0 Å².